The molecule has 0 amide bonds. The Morgan fingerprint density at radius 3 is 2.76 bits per heavy atom. The molecule has 0 radical (unpaired) electrons. The Morgan fingerprint density at radius 1 is 1.48 bits per heavy atom. The van der Waals surface area contributed by atoms with Gasteiger partial charge < -0.3 is 14.6 Å². The van der Waals surface area contributed by atoms with Crippen LogP contribution in [0.4, 0.5) is 13.2 Å². The van der Waals surface area contributed by atoms with Crippen molar-refractivity contribution < 1.29 is 27.8 Å². The van der Waals surface area contributed by atoms with E-state index < -0.39 is 30.3 Å². The van der Waals surface area contributed by atoms with E-state index in [0.717, 1.165) is 10.7 Å². The van der Waals surface area contributed by atoms with Crippen molar-refractivity contribution in [2.75, 3.05) is 6.61 Å². The van der Waals surface area contributed by atoms with Gasteiger partial charge in [-0.25, -0.2) is 9.67 Å². The number of alkyl halides is 3. The van der Waals surface area contributed by atoms with Crippen LogP contribution >= 0.6 is 11.6 Å². The van der Waals surface area contributed by atoms with Gasteiger partial charge in [-0.3, -0.25) is 0 Å². The highest BCUT2D eigenvalue weighted by atomic mass is 35.5. The van der Waals surface area contributed by atoms with Crippen LogP contribution in [-0.4, -0.2) is 33.5 Å². The summed E-state index contributed by atoms with van der Waals surface area (Å²) in [5.74, 6) is -2.26. The lowest BCUT2D eigenvalue weighted by Gasteiger charge is -2.07. The number of ether oxygens (including phenoxy) is 1. The fraction of sp³-hybridized carbons (Fsp3) is 0.182. The topological polar surface area (TPSA) is 80.1 Å². The Kier molecular flexibility index (Phi) is 4.03. The molecule has 21 heavy (non-hydrogen) atoms. The fourth-order valence-electron chi connectivity index (χ4n) is 1.43. The predicted octanol–water partition coefficient (Wildman–Crippen LogP) is 1.23. The first kappa shape index (κ1) is 15.1. The third-order valence-electron chi connectivity index (χ3n) is 2.22. The number of aromatic carboxylic acids is 1. The summed E-state index contributed by atoms with van der Waals surface area (Å²) in [5.41, 5.74) is -0.534. The Balaban J connectivity index is 2.39. The van der Waals surface area contributed by atoms with E-state index in [1.807, 2.05) is 0 Å². The lowest BCUT2D eigenvalue weighted by Crippen LogP contribution is -2.25. The molecule has 0 fully saturated rings. The maximum Gasteiger partial charge on any atom is 0.422 e. The highest BCUT2D eigenvalue weighted by molar-refractivity contribution is 6.32. The van der Waals surface area contributed by atoms with E-state index in [2.05, 4.69) is 14.8 Å². The monoisotopic (exact) mass is 320 g/mol. The summed E-state index contributed by atoms with van der Waals surface area (Å²) in [6, 6.07) is 3.71. The first-order valence-corrected chi connectivity index (χ1v) is 5.77. The predicted molar refractivity (Wildman–Crippen MR) is 62.2 cm³/mol. The fourth-order valence-corrected chi connectivity index (χ4v) is 1.63. The van der Waals surface area contributed by atoms with E-state index in [4.69, 9.17) is 11.6 Å². The lowest BCUT2D eigenvalue weighted by molar-refractivity contribution is -0.255. The van der Waals surface area contributed by atoms with Gasteiger partial charge in [0, 0.05) is 12.3 Å². The molecule has 0 atom stereocenters. The molecule has 0 saturated carbocycles. The number of carbonyl (C=O) groups excluding carboxylic acids is 1. The molecule has 0 aromatic carbocycles. The third-order valence-corrected chi connectivity index (χ3v) is 2.51. The van der Waals surface area contributed by atoms with Gasteiger partial charge in [0.1, 0.15) is 0 Å². The summed E-state index contributed by atoms with van der Waals surface area (Å²) in [5, 5.41) is 14.7. The van der Waals surface area contributed by atoms with Gasteiger partial charge in [0.2, 0.25) is 5.88 Å². The number of carboxylic acids is 1. The maximum absolute atomic E-state index is 12.1. The van der Waals surface area contributed by atoms with Gasteiger partial charge in [-0.2, -0.15) is 13.2 Å². The van der Waals surface area contributed by atoms with E-state index in [1.54, 1.807) is 0 Å². The third kappa shape index (κ3) is 3.63. The number of hydrogen-bond acceptors (Lipinski definition) is 5. The van der Waals surface area contributed by atoms with Crippen molar-refractivity contribution in [3.05, 3.63) is 35.1 Å². The molecule has 2 aromatic heterocycles. The van der Waals surface area contributed by atoms with E-state index in [-0.39, 0.29) is 10.8 Å². The SMILES string of the molecule is O=C([O-])c1cc(OCC(F)(F)F)nn1-c1ncccc1Cl. The van der Waals surface area contributed by atoms with E-state index in [0.29, 0.717) is 0 Å². The lowest BCUT2D eigenvalue weighted by atomic mass is 10.4. The average Bonchev–Trinajstić information content (AvgIpc) is 2.80. The minimum absolute atomic E-state index is 0.0606. The minimum atomic E-state index is -4.58. The van der Waals surface area contributed by atoms with Crippen LogP contribution in [0.3, 0.4) is 0 Å². The number of halogens is 4. The molecule has 0 bridgehead atoms. The van der Waals surface area contributed by atoms with Gasteiger partial charge in [-0.05, 0) is 12.1 Å². The number of pyridine rings is 1. The number of carbonyl (C=O) groups is 1. The maximum atomic E-state index is 12.1. The Labute approximate surface area is 120 Å². The minimum Gasteiger partial charge on any atom is -0.543 e. The van der Waals surface area contributed by atoms with Crippen LogP contribution in [0.2, 0.25) is 5.02 Å². The smallest absolute Gasteiger partial charge is 0.422 e. The van der Waals surface area contributed by atoms with Crippen molar-refractivity contribution in [3.63, 3.8) is 0 Å². The normalized spacial score (nSPS) is 11.4. The van der Waals surface area contributed by atoms with Gasteiger partial charge in [0.15, 0.2) is 12.4 Å². The van der Waals surface area contributed by atoms with Crippen LogP contribution < -0.4 is 9.84 Å². The van der Waals surface area contributed by atoms with Crippen LogP contribution in [0.5, 0.6) is 5.88 Å². The molecule has 0 aliphatic rings. The molecular weight excluding hydrogens is 315 g/mol. The molecule has 112 valence electrons. The van der Waals surface area contributed by atoms with Gasteiger partial charge >= 0.3 is 6.18 Å². The average molecular weight is 321 g/mol. The van der Waals surface area contributed by atoms with Crippen molar-refractivity contribution in [2.45, 2.75) is 6.18 Å². The largest absolute Gasteiger partial charge is 0.543 e. The Hall–Kier alpha value is -2.29. The second kappa shape index (κ2) is 5.60. The van der Waals surface area contributed by atoms with Crippen molar-refractivity contribution in [2.24, 2.45) is 0 Å². The summed E-state index contributed by atoms with van der Waals surface area (Å²) < 4.78 is 41.3. The second-order valence-electron chi connectivity index (χ2n) is 3.78. The zero-order valence-electron chi connectivity index (χ0n) is 10.1. The molecule has 0 saturated heterocycles. The molecule has 0 unspecified atom stereocenters. The molecule has 10 heteroatoms. The van der Waals surface area contributed by atoms with E-state index in [9.17, 15) is 23.1 Å². The number of nitrogens with zero attached hydrogens (tertiary/aromatic N) is 3. The number of rotatable bonds is 4. The number of hydrogen-bond donors (Lipinski definition) is 0. The molecule has 2 heterocycles. The molecular formula is C11H6ClF3N3O3-. The first-order valence-electron chi connectivity index (χ1n) is 5.40. The van der Waals surface area contributed by atoms with Crippen LogP contribution in [0.25, 0.3) is 5.82 Å². The molecule has 0 aliphatic carbocycles. The van der Waals surface area contributed by atoms with Crippen LogP contribution in [0.1, 0.15) is 10.5 Å². The van der Waals surface area contributed by atoms with Crippen LogP contribution in [-0.2, 0) is 0 Å². The van der Waals surface area contributed by atoms with E-state index in [1.165, 1.54) is 18.3 Å². The molecule has 0 spiro atoms. The van der Waals surface area contributed by atoms with Crippen molar-refractivity contribution in [3.8, 4) is 11.7 Å². The summed E-state index contributed by atoms with van der Waals surface area (Å²) in [7, 11) is 0. The molecule has 2 rings (SSSR count). The Bertz CT molecular complexity index is 672. The summed E-state index contributed by atoms with van der Waals surface area (Å²) in [4.78, 5) is 14.8. The molecule has 2 aromatic rings. The van der Waals surface area contributed by atoms with Crippen molar-refractivity contribution in [1.29, 1.82) is 0 Å². The zero-order valence-corrected chi connectivity index (χ0v) is 10.9. The standard InChI is InChI=1S/C11H7ClF3N3O3/c12-6-2-1-3-16-9(6)18-7(10(19)20)4-8(17-18)21-5-11(13,14)15/h1-4H,5H2,(H,19,20)/p-1. The van der Waals surface area contributed by atoms with Crippen LogP contribution in [0, 0.1) is 0 Å². The molecule has 6 nitrogen and oxygen atoms in total. The van der Waals surface area contributed by atoms with Crippen molar-refractivity contribution in [1.82, 2.24) is 14.8 Å². The zero-order chi connectivity index (χ0) is 15.6. The summed E-state index contributed by atoms with van der Waals surface area (Å²) in [6.45, 7) is -1.60. The quantitative estimate of drug-likeness (QED) is 0.846. The highest BCUT2D eigenvalue weighted by Gasteiger charge is 2.29. The van der Waals surface area contributed by atoms with Gasteiger partial charge in [0.25, 0.3) is 0 Å². The number of carboxylic acid groups (broad SMARTS) is 1. The Morgan fingerprint density at radius 2 is 2.19 bits per heavy atom. The first-order chi connectivity index (χ1) is 9.78. The van der Waals surface area contributed by atoms with Gasteiger partial charge in [-0.15, -0.1) is 5.10 Å². The molecule has 0 aliphatic heterocycles. The summed E-state index contributed by atoms with van der Waals surface area (Å²) in [6.07, 6.45) is -3.26. The van der Waals surface area contributed by atoms with Gasteiger partial charge in [0.05, 0.1) is 16.7 Å². The van der Waals surface area contributed by atoms with Gasteiger partial charge in [-0.1, -0.05) is 11.6 Å². The van der Waals surface area contributed by atoms with E-state index >= 15 is 0 Å². The number of aromatic nitrogens is 3. The second-order valence-corrected chi connectivity index (χ2v) is 4.19. The van der Waals surface area contributed by atoms with Crippen LogP contribution in [0.15, 0.2) is 24.4 Å². The molecule has 0 N–H and O–H groups in total. The van der Waals surface area contributed by atoms with Crippen molar-refractivity contribution >= 4 is 17.6 Å². The summed E-state index contributed by atoms with van der Waals surface area (Å²) >= 11 is 5.84. The highest BCUT2D eigenvalue weighted by Crippen LogP contribution is 2.23.